The lowest BCUT2D eigenvalue weighted by molar-refractivity contribution is -0.105. The van der Waals surface area contributed by atoms with Crippen molar-refractivity contribution in [2.45, 2.75) is 13.8 Å². The summed E-state index contributed by atoms with van der Waals surface area (Å²) < 4.78 is 10.4. The number of allylic oxidation sites excluding steroid dienone is 1. The quantitative estimate of drug-likeness (QED) is 0.582. The lowest BCUT2D eigenvalue weighted by Gasteiger charge is -2.10. The molecule has 0 amide bonds. The molecule has 1 rings (SSSR count). The summed E-state index contributed by atoms with van der Waals surface area (Å²) in [6.07, 6.45) is 2.67. The molecule has 0 unspecified atom stereocenters. The number of methoxy groups -OCH3 is 1. The first-order valence-electron chi connectivity index (χ1n) is 5.97. The SMILES string of the molecule is COc1cc(C=C(C=O)C(C)C)ccc1OCC#N. The van der Waals surface area contributed by atoms with E-state index in [1.54, 1.807) is 12.1 Å². The van der Waals surface area contributed by atoms with Crippen molar-refractivity contribution in [2.24, 2.45) is 5.92 Å². The number of ether oxygens (including phenoxy) is 2. The van der Waals surface area contributed by atoms with E-state index in [1.165, 1.54) is 7.11 Å². The third-order valence-corrected chi connectivity index (χ3v) is 2.62. The molecule has 0 fully saturated rings. The van der Waals surface area contributed by atoms with E-state index >= 15 is 0 Å². The maximum Gasteiger partial charge on any atom is 0.174 e. The predicted molar refractivity (Wildman–Crippen MR) is 73.0 cm³/mol. The number of benzene rings is 1. The average Bonchev–Trinajstić information content (AvgIpc) is 2.42. The van der Waals surface area contributed by atoms with Crippen molar-refractivity contribution in [3.8, 4) is 17.6 Å². The van der Waals surface area contributed by atoms with Gasteiger partial charge in [0.25, 0.3) is 0 Å². The van der Waals surface area contributed by atoms with Crippen LogP contribution >= 0.6 is 0 Å². The average molecular weight is 259 g/mol. The lowest BCUT2D eigenvalue weighted by atomic mass is 10.0. The maximum atomic E-state index is 11.0. The molecule has 0 aliphatic rings. The van der Waals surface area contributed by atoms with Crippen molar-refractivity contribution in [1.82, 2.24) is 0 Å². The molecule has 0 N–H and O–H groups in total. The van der Waals surface area contributed by atoms with Gasteiger partial charge in [-0.25, -0.2) is 0 Å². The minimum atomic E-state index is -0.0306. The number of carbonyl (C=O) groups is 1. The first-order valence-corrected chi connectivity index (χ1v) is 5.97. The Morgan fingerprint density at radius 2 is 2.16 bits per heavy atom. The smallest absolute Gasteiger partial charge is 0.174 e. The summed E-state index contributed by atoms with van der Waals surface area (Å²) >= 11 is 0. The fraction of sp³-hybridized carbons (Fsp3) is 0.333. The summed E-state index contributed by atoms with van der Waals surface area (Å²) in [7, 11) is 1.53. The molecule has 0 bridgehead atoms. The fourth-order valence-corrected chi connectivity index (χ4v) is 1.53. The van der Waals surface area contributed by atoms with Gasteiger partial charge in [0.15, 0.2) is 18.1 Å². The monoisotopic (exact) mass is 259 g/mol. The molecule has 0 aliphatic heterocycles. The van der Waals surface area contributed by atoms with E-state index < -0.39 is 0 Å². The van der Waals surface area contributed by atoms with Gasteiger partial charge in [-0.2, -0.15) is 5.26 Å². The first-order chi connectivity index (χ1) is 9.12. The van der Waals surface area contributed by atoms with Gasteiger partial charge in [-0.15, -0.1) is 0 Å². The van der Waals surface area contributed by atoms with Crippen LogP contribution in [0, 0.1) is 17.2 Å². The molecule has 4 heteroatoms. The minimum absolute atomic E-state index is 0.0306. The van der Waals surface area contributed by atoms with Crippen LogP contribution in [0.1, 0.15) is 19.4 Å². The predicted octanol–water partition coefficient (Wildman–Crippen LogP) is 2.84. The van der Waals surface area contributed by atoms with E-state index in [1.807, 2.05) is 32.1 Å². The van der Waals surface area contributed by atoms with Crippen molar-refractivity contribution in [3.63, 3.8) is 0 Å². The zero-order chi connectivity index (χ0) is 14.3. The highest BCUT2D eigenvalue weighted by Crippen LogP contribution is 2.29. The second kappa shape index (κ2) is 7.22. The van der Waals surface area contributed by atoms with Crippen LogP contribution in [-0.4, -0.2) is 20.0 Å². The van der Waals surface area contributed by atoms with Crippen LogP contribution in [0.15, 0.2) is 23.8 Å². The molecule has 0 saturated carbocycles. The van der Waals surface area contributed by atoms with Gasteiger partial charge in [0.2, 0.25) is 0 Å². The molecule has 0 saturated heterocycles. The van der Waals surface area contributed by atoms with E-state index in [0.29, 0.717) is 17.1 Å². The van der Waals surface area contributed by atoms with Crippen LogP contribution in [0.2, 0.25) is 0 Å². The van der Waals surface area contributed by atoms with Gasteiger partial charge < -0.3 is 9.47 Å². The fourth-order valence-electron chi connectivity index (χ4n) is 1.53. The van der Waals surface area contributed by atoms with Gasteiger partial charge in [-0.1, -0.05) is 19.9 Å². The van der Waals surface area contributed by atoms with Crippen molar-refractivity contribution < 1.29 is 14.3 Å². The molecule has 0 aliphatic carbocycles. The minimum Gasteiger partial charge on any atom is -0.493 e. The number of nitrogens with zero attached hydrogens (tertiary/aromatic N) is 1. The molecule has 0 atom stereocenters. The van der Waals surface area contributed by atoms with Gasteiger partial charge in [-0.3, -0.25) is 4.79 Å². The van der Waals surface area contributed by atoms with E-state index in [0.717, 1.165) is 11.8 Å². The Morgan fingerprint density at radius 3 is 2.68 bits per heavy atom. The number of hydrogen-bond acceptors (Lipinski definition) is 4. The Morgan fingerprint density at radius 1 is 1.42 bits per heavy atom. The Kier molecular flexibility index (Phi) is 5.62. The second-order valence-corrected chi connectivity index (χ2v) is 4.27. The standard InChI is InChI=1S/C15H17NO3/c1-11(2)13(10-17)8-12-4-5-14(19-7-6-16)15(9-12)18-3/h4-5,8-11H,7H2,1-3H3. The van der Waals surface area contributed by atoms with Crippen LogP contribution in [-0.2, 0) is 4.79 Å². The van der Waals surface area contributed by atoms with Crippen molar-refractivity contribution in [2.75, 3.05) is 13.7 Å². The maximum absolute atomic E-state index is 11.0. The van der Waals surface area contributed by atoms with Gasteiger partial charge >= 0.3 is 0 Å². The Hall–Kier alpha value is -2.28. The zero-order valence-corrected chi connectivity index (χ0v) is 11.3. The molecule has 1 aromatic carbocycles. The van der Waals surface area contributed by atoms with Gasteiger partial charge in [0.05, 0.1) is 7.11 Å². The zero-order valence-electron chi connectivity index (χ0n) is 11.3. The van der Waals surface area contributed by atoms with Gasteiger partial charge in [0.1, 0.15) is 12.4 Å². The summed E-state index contributed by atoms with van der Waals surface area (Å²) in [6.45, 7) is 3.89. The number of carbonyl (C=O) groups excluding carboxylic acids is 1. The molecule has 0 aromatic heterocycles. The molecule has 1 aromatic rings. The number of nitriles is 1. The van der Waals surface area contributed by atoms with Gasteiger partial charge in [-0.05, 0) is 35.3 Å². The van der Waals surface area contributed by atoms with E-state index in [9.17, 15) is 4.79 Å². The summed E-state index contributed by atoms with van der Waals surface area (Å²) in [5.41, 5.74) is 1.57. The largest absolute Gasteiger partial charge is 0.493 e. The number of rotatable bonds is 6. The van der Waals surface area contributed by atoms with Gasteiger partial charge in [0, 0.05) is 0 Å². The first kappa shape index (κ1) is 14.8. The molecule has 4 nitrogen and oxygen atoms in total. The second-order valence-electron chi connectivity index (χ2n) is 4.27. The molecule has 0 radical (unpaired) electrons. The normalized spacial score (nSPS) is 11.0. The summed E-state index contributed by atoms with van der Waals surface area (Å²) in [5, 5.41) is 8.49. The van der Waals surface area contributed by atoms with Crippen LogP contribution in [0.25, 0.3) is 6.08 Å². The van der Waals surface area contributed by atoms with Crippen LogP contribution < -0.4 is 9.47 Å². The van der Waals surface area contributed by atoms with E-state index in [4.69, 9.17) is 14.7 Å². The number of aldehydes is 1. The Bertz CT molecular complexity index is 513. The lowest BCUT2D eigenvalue weighted by Crippen LogP contribution is -1.98. The molecule has 0 spiro atoms. The highest BCUT2D eigenvalue weighted by molar-refractivity contribution is 5.82. The summed E-state index contributed by atoms with van der Waals surface area (Å²) in [5.74, 6) is 1.22. The Balaban J connectivity index is 3.06. The van der Waals surface area contributed by atoms with Crippen LogP contribution in [0.3, 0.4) is 0 Å². The van der Waals surface area contributed by atoms with Crippen molar-refractivity contribution >= 4 is 12.4 Å². The van der Waals surface area contributed by atoms with E-state index in [2.05, 4.69) is 0 Å². The third-order valence-electron chi connectivity index (χ3n) is 2.62. The molecular weight excluding hydrogens is 242 g/mol. The summed E-state index contributed by atoms with van der Waals surface area (Å²) in [6, 6.07) is 7.23. The topological polar surface area (TPSA) is 59.3 Å². The highest BCUT2D eigenvalue weighted by Gasteiger charge is 2.06. The number of hydrogen-bond donors (Lipinski definition) is 0. The van der Waals surface area contributed by atoms with E-state index in [-0.39, 0.29) is 12.5 Å². The Labute approximate surface area is 113 Å². The van der Waals surface area contributed by atoms with Crippen molar-refractivity contribution in [1.29, 1.82) is 5.26 Å². The molecule has 100 valence electrons. The van der Waals surface area contributed by atoms with Crippen molar-refractivity contribution in [3.05, 3.63) is 29.3 Å². The highest BCUT2D eigenvalue weighted by atomic mass is 16.5. The van der Waals surface area contributed by atoms with Crippen LogP contribution in [0.4, 0.5) is 0 Å². The third kappa shape index (κ3) is 4.14. The molecular formula is C15H17NO3. The molecule has 19 heavy (non-hydrogen) atoms. The van der Waals surface area contributed by atoms with Crippen LogP contribution in [0.5, 0.6) is 11.5 Å². The molecule has 0 heterocycles. The summed E-state index contributed by atoms with van der Waals surface area (Å²) in [4.78, 5) is 11.0.